The molecule has 3 rings (SSSR count). The van der Waals surface area contributed by atoms with Crippen molar-refractivity contribution in [1.82, 2.24) is 0 Å². The lowest BCUT2D eigenvalue weighted by molar-refractivity contribution is -0.384. The van der Waals surface area contributed by atoms with Crippen molar-refractivity contribution >= 4 is 23.0 Å². The molecule has 0 radical (unpaired) electrons. The molecule has 0 aliphatic heterocycles. The molecule has 1 aromatic heterocycles. The van der Waals surface area contributed by atoms with Gasteiger partial charge in [-0.25, -0.2) is 4.79 Å². The van der Waals surface area contributed by atoms with Gasteiger partial charge in [-0.2, -0.15) is 0 Å². The van der Waals surface area contributed by atoms with Gasteiger partial charge in [0, 0.05) is 17.0 Å². The molecule has 5 nitrogen and oxygen atoms in total. The Kier molecular flexibility index (Phi) is 3.94. The summed E-state index contributed by atoms with van der Waals surface area (Å²) in [7, 11) is 0. The summed E-state index contributed by atoms with van der Waals surface area (Å²) in [5.41, 5.74) is 1.22. The summed E-state index contributed by atoms with van der Waals surface area (Å²) in [6.07, 6.45) is 3.19. The fourth-order valence-corrected chi connectivity index (χ4v) is 3.68. The van der Waals surface area contributed by atoms with Crippen molar-refractivity contribution in [2.45, 2.75) is 26.2 Å². The van der Waals surface area contributed by atoms with Gasteiger partial charge in [-0.3, -0.25) is 10.1 Å². The first-order valence-electron chi connectivity index (χ1n) is 7.11. The zero-order chi connectivity index (χ0) is 15.7. The number of thiophene rings is 1. The summed E-state index contributed by atoms with van der Waals surface area (Å²) < 4.78 is 5.29. The quantitative estimate of drug-likeness (QED) is 0.371. The van der Waals surface area contributed by atoms with Gasteiger partial charge < -0.3 is 4.74 Å². The maximum absolute atomic E-state index is 12.2. The summed E-state index contributed by atoms with van der Waals surface area (Å²) >= 11 is 1.49. The molecule has 1 aromatic carbocycles. The van der Waals surface area contributed by atoms with Gasteiger partial charge in [0.2, 0.25) is 0 Å². The highest BCUT2D eigenvalue weighted by Gasteiger charge is 2.21. The lowest BCUT2D eigenvalue weighted by atomic mass is 9.90. The molecule has 1 heterocycles. The normalized spacial score (nSPS) is 16.9. The SMILES string of the molecule is C[C@@H]1CCc2sc(C(=O)Oc3ccc([N+](=O)[O-])cc3)cc2C1. The van der Waals surface area contributed by atoms with Crippen molar-refractivity contribution in [3.63, 3.8) is 0 Å². The molecule has 0 bridgehead atoms. The molecule has 1 atom stereocenters. The average molecular weight is 317 g/mol. The van der Waals surface area contributed by atoms with Crippen LogP contribution in [0, 0.1) is 16.0 Å². The molecule has 0 unspecified atom stereocenters. The zero-order valence-corrected chi connectivity index (χ0v) is 12.9. The molecule has 0 N–H and O–H groups in total. The van der Waals surface area contributed by atoms with E-state index in [0.717, 1.165) is 19.3 Å². The summed E-state index contributed by atoms with van der Waals surface area (Å²) in [5, 5.41) is 10.6. The molecular weight excluding hydrogens is 302 g/mol. The predicted octanol–water partition coefficient (Wildman–Crippen LogP) is 4.00. The molecular formula is C16H15NO4S. The van der Waals surface area contributed by atoms with E-state index in [9.17, 15) is 14.9 Å². The smallest absolute Gasteiger partial charge is 0.353 e. The van der Waals surface area contributed by atoms with E-state index in [1.165, 1.54) is 46.0 Å². The van der Waals surface area contributed by atoms with Crippen molar-refractivity contribution in [1.29, 1.82) is 0 Å². The van der Waals surface area contributed by atoms with E-state index in [0.29, 0.717) is 16.5 Å². The van der Waals surface area contributed by atoms with E-state index in [1.54, 1.807) is 0 Å². The summed E-state index contributed by atoms with van der Waals surface area (Å²) in [5.74, 6) is 0.567. The number of carbonyl (C=O) groups excluding carboxylic acids is 1. The molecule has 114 valence electrons. The van der Waals surface area contributed by atoms with Crippen molar-refractivity contribution in [2.24, 2.45) is 5.92 Å². The molecule has 1 aliphatic rings. The highest BCUT2D eigenvalue weighted by Crippen LogP contribution is 2.32. The van der Waals surface area contributed by atoms with Crippen molar-refractivity contribution < 1.29 is 14.5 Å². The number of aryl methyl sites for hydroxylation is 1. The van der Waals surface area contributed by atoms with Crippen molar-refractivity contribution in [2.75, 3.05) is 0 Å². The van der Waals surface area contributed by atoms with Crippen LogP contribution >= 0.6 is 11.3 Å². The number of hydrogen-bond acceptors (Lipinski definition) is 5. The number of non-ortho nitro benzene ring substituents is 1. The maximum Gasteiger partial charge on any atom is 0.353 e. The highest BCUT2D eigenvalue weighted by molar-refractivity contribution is 7.14. The van der Waals surface area contributed by atoms with Crippen molar-refractivity contribution in [3.8, 4) is 5.75 Å². The second kappa shape index (κ2) is 5.88. The van der Waals surface area contributed by atoms with Gasteiger partial charge in [-0.05, 0) is 48.9 Å². The van der Waals surface area contributed by atoms with Crippen LogP contribution in [0.25, 0.3) is 0 Å². The third kappa shape index (κ3) is 3.01. The second-order valence-electron chi connectivity index (χ2n) is 5.55. The maximum atomic E-state index is 12.2. The predicted molar refractivity (Wildman–Crippen MR) is 83.6 cm³/mol. The second-order valence-corrected chi connectivity index (χ2v) is 6.68. The Labute approximate surface area is 131 Å². The Morgan fingerprint density at radius 3 is 2.77 bits per heavy atom. The van der Waals surface area contributed by atoms with Crippen LogP contribution in [-0.2, 0) is 12.8 Å². The number of nitro benzene ring substituents is 1. The Morgan fingerprint density at radius 2 is 2.09 bits per heavy atom. The Morgan fingerprint density at radius 1 is 1.36 bits per heavy atom. The van der Waals surface area contributed by atoms with E-state index in [2.05, 4.69) is 6.92 Å². The van der Waals surface area contributed by atoms with Crippen LogP contribution in [0.2, 0.25) is 0 Å². The van der Waals surface area contributed by atoms with Crippen LogP contribution in [0.3, 0.4) is 0 Å². The Balaban J connectivity index is 1.73. The van der Waals surface area contributed by atoms with Crippen LogP contribution in [0.5, 0.6) is 5.75 Å². The van der Waals surface area contributed by atoms with Gasteiger partial charge in [-0.1, -0.05) is 6.92 Å². The molecule has 0 saturated heterocycles. The fourth-order valence-electron chi connectivity index (χ4n) is 2.60. The minimum Gasteiger partial charge on any atom is -0.422 e. The molecule has 2 aromatic rings. The van der Waals surface area contributed by atoms with E-state index in [4.69, 9.17) is 4.74 Å². The Hall–Kier alpha value is -2.21. The minimum absolute atomic E-state index is 0.0274. The van der Waals surface area contributed by atoms with E-state index < -0.39 is 10.9 Å². The number of carbonyl (C=O) groups is 1. The number of ether oxygens (including phenoxy) is 1. The highest BCUT2D eigenvalue weighted by atomic mass is 32.1. The Bertz CT molecular complexity index is 720. The van der Waals surface area contributed by atoms with Crippen LogP contribution < -0.4 is 4.74 Å². The van der Waals surface area contributed by atoms with E-state index in [1.807, 2.05) is 6.07 Å². The topological polar surface area (TPSA) is 69.4 Å². The molecule has 6 heteroatoms. The van der Waals surface area contributed by atoms with Gasteiger partial charge in [0.05, 0.1) is 4.92 Å². The van der Waals surface area contributed by atoms with Gasteiger partial charge >= 0.3 is 5.97 Å². The van der Waals surface area contributed by atoms with Crippen LogP contribution in [0.15, 0.2) is 30.3 Å². The number of nitro groups is 1. The van der Waals surface area contributed by atoms with Crippen LogP contribution in [-0.4, -0.2) is 10.9 Å². The zero-order valence-electron chi connectivity index (χ0n) is 12.1. The fraction of sp³-hybridized carbons (Fsp3) is 0.312. The molecule has 22 heavy (non-hydrogen) atoms. The van der Waals surface area contributed by atoms with Gasteiger partial charge in [0.25, 0.3) is 5.69 Å². The number of benzene rings is 1. The summed E-state index contributed by atoms with van der Waals surface area (Å²) in [4.78, 5) is 24.2. The third-order valence-electron chi connectivity index (χ3n) is 3.79. The molecule has 0 fully saturated rings. The largest absolute Gasteiger partial charge is 0.422 e. The van der Waals surface area contributed by atoms with Gasteiger partial charge in [-0.15, -0.1) is 11.3 Å². The number of fused-ring (bicyclic) bond motifs is 1. The molecule has 0 amide bonds. The minimum atomic E-state index is -0.486. The van der Waals surface area contributed by atoms with Crippen molar-refractivity contribution in [3.05, 3.63) is 55.8 Å². The first kappa shape index (κ1) is 14.7. The number of hydrogen-bond donors (Lipinski definition) is 0. The number of esters is 1. The third-order valence-corrected chi connectivity index (χ3v) is 5.01. The monoisotopic (exact) mass is 317 g/mol. The first-order valence-corrected chi connectivity index (χ1v) is 7.93. The van der Waals surface area contributed by atoms with Crippen LogP contribution in [0.1, 0.15) is 33.5 Å². The van der Waals surface area contributed by atoms with Gasteiger partial charge in [0.15, 0.2) is 0 Å². The van der Waals surface area contributed by atoms with E-state index in [-0.39, 0.29) is 5.69 Å². The lowest BCUT2D eigenvalue weighted by Gasteiger charge is -2.16. The lowest BCUT2D eigenvalue weighted by Crippen LogP contribution is -2.08. The average Bonchev–Trinajstić information content (AvgIpc) is 2.91. The molecule has 0 saturated carbocycles. The number of nitrogens with zero attached hydrogens (tertiary/aromatic N) is 1. The first-order chi connectivity index (χ1) is 10.5. The molecule has 0 spiro atoms. The standard InChI is InChI=1S/C16H15NO4S/c1-10-2-7-14-11(8-10)9-15(22-14)16(18)21-13-5-3-12(4-6-13)17(19)20/h3-6,9-10H,2,7-8H2,1H3/t10-/m1/s1. The van der Waals surface area contributed by atoms with E-state index >= 15 is 0 Å². The number of rotatable bonds is 3. The summed E-state index contributed by atoms with van der Waals surface area (Å²) in [6, 6.07) is 7.44. The van der Waals surface area contributed by atoms with Gasteiger partial charge in [0.1, 0.15) is 10.6 Å². The molecule has 1 aliphatic carbocycles. The summed E-state index contributed by atoms with van der Waals surface area (Å²) in [6.45, 7) is 2.22. The van der Waals surface area contributed by atoms with Crippen LogP contribution in [0.4, 0.5) is 5.69 Å².